The summed E-state index contributed by atoms with van der Waals surface area (Å²) in [6.45, 7) is 0. The zero-order valence-electron chi connectivity index (χ0n) is 11.4. The van der Waals surface area contributed by atoms with E-state index in [-0.39, 0.29) is 23.8 Å². The van der Waals surface area contributed by atoms with Crippen LogP contribution in [0, 0.1) is 17.6 Å². The summed E-state index contributed by atoms with van der Waals surface area (Å²) in [4.78, 5) is 23.2. The van der Waals surface area contributed by atoms with Crippen LogP contribution >= 0.6 is 0 Å². The van der Waals surface area contributed by atoms with E-state index in [1.54, 1.807) is 0 Å². The molecule has 9 heteroatoms. The Kier molecular flexibility index (Phi) is 4.74. The highest BCUT2D eigenvalue weighted by atomic mass is 32.2. The van der Waals surface area contributed by atoms with Gasteiger partial charge in [-0.15, -0.1) is 0 Å². The van der Waals surface area contributed by atoms with Gasteiger partial charge in [-0.3, -0.25) is 20.4 Å². The minimum absolute atomic E-state index is 0.0502. The van der Waals surface area contributed by atoms with Crippen LogP contribution in [0.1, 0.15) is 23.2 Å². The van der Waals surface area contributed by atoms with Gasteiger partial charge in [0.15, 0.2) is 9.84 Å². The Hall–Kier alpha value is -2.03. The summed E-state index contributed by atoms with van der Waals surface area (Å²) in [6, 6.07) is 2.43. The Morgan fingerprint density at radius 3 is 2.55 bits per heavy atom. The van der Waals surface area contributed by atoms with Gasteiger partial charge < -0.3 is 0 Å². The van der Waals surface area contributed by atoms with Gasteiger partial charge in [0.1, 0.15) is 11.6 Å². The number of carbonyl (C=O) groups is 2. The van der Waals surface area contributed by atoms with Crippen LogP contribution in [-0.4, -0.2) is 31.7 Å². The number of sulfone groups is 1. The van der Waals surface area contributed by atoms with Gasteiger partial charge in [-0.05, 0) is 24.5 Å². The first-order valence-corrected chi connectivity index (χ1v) is 8.33. The number of carbonyl (C=O) groups excluding carboxylic acids is 2. The van der Waals surface area contributed by atoms with Gasteiger partial charge in [0.05, 0.1) is 17.1 Å². The first-order valence-electron chi connectivity index (χ1n) is 6.51. The maximum atomic E-state index is 13.4. The molecule has 0 aliphatic carbocycles. The fourth-order valence-corrected chi connectivity index (χ4v) is 4.08. The average Bonchev–Trinajstić information content (AvgIpc) is 2.75. The van der Waals surface area contributed by atoms with Crippen LogP contribution in [0.15, 0.2) is 18.2 Å². The third-order valence-corrected chi connectivity index (χ3v) is 5.13. The summed E-state index contributed by atoms with van der Waals surface area (Å²) in [6.07, 6.45) is 0.349. The maximum absolute atomic E-state index is 13.4. The van der Waals surface area contributed by atoms with Crippen molar-refractivity contribution in [2.24, 2.45) is 5.92 Å². The monoisotopic (exact) mass is 332 g/mol. The predicted molar refractivity (Wildman–Crippen MR) is 73.3 cm³/mol. The van der Waals surface area contributed by atoms with Crippen molar-refractivity contribution < 1.29 is 26.8 Å². The molecule has 0 bridgehead atoms. The van der Waals surface area contributed by atoms with E-state index in [9.17, 15) is 26.8 Å². The molecule has 1 unspecified atom stereocenters. The van der Waals surface area contributed by atoms with Crippen molar-refractivity contribution in [1.29, 1.82) is 0 Å². The van der Waals surface area contributed by atoms with E-state index >= 15 is 0 Å². The lowest BCUT2D eigenvalue weighted by Crippen LogP contribution is -2.42. The van der Waals surface area contributed by atoms with Crippen molar-refractivity contribution in [3.63, 3.8) is 0 Å². The van der Waals surface area contributed by atoms with Crippen LogP contribution in [0.5, 0.6) is 0 Å². The lowest BCUT2D eigenvalue weighted by atomic mass is 10.1. The van der Waals surface area contributed by atoms with Crippen molar-refractivity contribution in [2.75, 3.05) is 11.5 Å². The fraction of sp³-hybridized carbons (Fsp3) is 0.385. The Morgan fingerprint density at radius 1 is 1.23 bits per heavy atom. The minimum atomic E-state index is -3.08. The second-order valence-corrected chi connectivity index (χ2v) is 7.33. The number of nitrogens with one attached hydrogen (secondary N) is 2. The summed E-state index contributed by atoms with van der Waals surface area (Å²) in [5, 5.41) is 0. The zero-order chi connectivity index (χ0) is 16.3. The average molecular weight is 332 g/mol. The highest BCUT2D eigenvalue weighted by molar-refractivity contribution is 7.91. The second-order valence-electron chi connectivity index (χ2n) is 5.10. The third kappa shape index (κ3) is 4.23. The molecule has 2 rings (SSSR count). The molecule has 6 nitrogen and oxygen atoms in total. The Labute approximate surface area is 125 Å². The number of halogens is 2. The maximum Gasteiger partial charge on any atom is 0.272 e. The molecule has 2 amide bonds. The molecule has 1 aliphatic rings. The first kappa shape index (κ1) is 16.3. The van der Waals surface area contributed by atoms with E-state index in [1.165, 1.54) is 0 Å². The predicted octanol–water partition coefficient (Wildman–Crippen LogP) is 0.551. The van der Waals surface area contributed by atoms with Gasteiger partial charge in [0.25, 0.3) is 5.91 Å². The molecule has 1 aliphatic heterocycles. The van der Waals surface area contributed by atoms with E-state index < -0.39 is 38.8 Å². The van der Waals surface area contributed by atoms with E-state index in [2.05, 4.69) is 5.43 Å². The SMILES string of the molecule is O=C(CC1CCS(=O)(=O)C1)NNC(=O)c1ccc(F)cc1F. The number of benzene rings is 1. The van der Waals surface area contributed by atoms with Gasteiger partial charge >= 0.3 is 0 Å². The normalized spacial score (nSPS) is 19.6. The molecule has 1 aromatic rings. The van der Waals surface area contributed by atoms with Gasteiger partial charge in [-0.1, -0.05) is 0 Å². The molecule has 0 radical (unpaired) electrons. The van der Waals surface area contributed by atoms with Gasteiger partial charge in [0, 0.05) is 12.5 Å². The van der Waals surface area contributed by atoms with E-state index in [0.29, 0.717) is 12.5 Å². The molecule has 1 atom stereocenters. The van der Waals surface area contributed by atoms with Crippen molar-refractivity contribution in [2.45, 2.75) is 12.8 Å². The number of hydrazine groups is 1. The van der Waals surface area contributed by atoms with Crippen LogP contribution in [0.3, 0.4) is 0 Å². The van der Waals surface area contributed by atoms with E-state index in [4.69, 9.17) is 0 Å². The van der Waals surface area contributed by atoms with Gasteiger partial charge in [-0.2, -0.15) is 0 Å². The molecule has 22 heavy (non-hydrogen) atoms. The largest absolute Gasteiger partial charge is 0.273 e. The van der Waals surface area contributed by atoms with Crippen LogP contribution in [0.25, 0.3) is 0 Å². The molecule has 1 aromatic carbocycles. The Bertz CT molecular complexity index is 706. The molecular weight excluding hydrogens is 318 g/mol. The van der Waals surface area contributed by atoms with Crippen molar-refractivity contribution in [1.82, 2.24) is 10.9 Å². The molecular formula is C13H14F2N2O4S. The highest BCUT2D eigenvalue weighted by Gasteiger charge is 2.29. The summed E-state index contributed by atoms with van der Waals surface area (Å²) < 4.78 is 48.6. The molecule has 2 N–H and O–H groups in total. The van der Waals surface area contributed by atoms with Crippen LogP contribution in [-0.2, 0) is 14.6 Å². The highest BCUT2D eigenvalue weighted by Crippen LogP contribution is 2.21. The van der Waals surface area contributed by atoms with E-state index in [0.717, 1.165) is 12.1 Å². The second kappa shape index (κ2) is 6.39. The number of rotatable bonds is 3. The van der Waals surface area contributed by atoms with Gasteiger partial charge in [0.2, 0.25) is 5.91 Å². The van der Waals surface area contributed by atoms with Gasteiger partial charge in [-0.25, -0.2) is 17.2 Å². The molecule has 0 spiro atoms. The molecule has 0 aromatic heterocycles. The summed E-state index contributed by atoms with van der Waals surface area (Å²) >= 11 is 0. The number of amides is 2. The van der Waals surface area contributed by atoms with E-state index in [1.807, 2.05) is 5.43 Å². The molecule has 1 fully saturated rings. The summed E-state index contributed by atoms with van der Waals surface area (Å²) in [5.41, 5.74) is 3.67. The number of hydrogen-bond acceptors (Lipinski definition) is 4. The lowest BCUT2D eigenvalue weighted by Gasteiger charge is -2.10. The number of hydrogen-bond donors (Lipinski definition) is 2. The third-order valence-electron chi connectivity index (χ3n) is 3.29. The molecule has 1 saturated heterocycles. The molecule has 1 heterocycles. The topological polar surface area (TPSA) is 92.3 Å². The van der Waals surface area contributed by atoms with Crippen molar-refractivity contribution >= 4 is 21.7 Å². The van der Waals surface area contributed by atoms with Crippen LogP contribution in [0.4, 0.5) is 8.78 Å². The summed E-state index contributed by atoms with van der Waals surface area (Å²) in [7, 11) is -3.08. The first-order chi connectivity index (χ1) is 10.3. The van der Waals surface area contributed by atoms with Crippen LogP contribution in [0.2, 0.25) is 0 Å². The lowest BCUT2D eigenvalue weighted by molar-refractivity contribution is -0.122. The quantitative estimate of drug-likeness (QED) is 0.791. The zero-order valence-corrected chi connectivity index (χ0v) is 12.3. The fourth-order valence-electron chi connectivity index (χ4n) is 2.21. The standard InChI is InChI=1S/C13H14F2N2O4S/c14-9-1-2-10(11(15)6-9)13(19)17-16-12(18)5-8-3-4-22(20,21)7-8/h1-2,6,8H,3-5,7H2,(H,16,18)(H,17,19). The Morgan fingerprint density at radius 2 is 1.95 bits per heavy atom. The summed E-state index contributed by atoms with van der Waals surface area (Å²) in [5.74, 6) is -3.65. The Balaban J connectivity index is 1.84. The van der Waals surface area contributed by atoms with Crippen molar-refractivity contribution in [3.8, 4) is 0 Å². The molecule has 120 valence electrons. The van der Waals surface area contributed by atoms with Crippen molar-refractivity contribution in [3.05, 3.63) is 35.4 Å². The minimum Gasteiger partial charge on any atom is -0.273 e. The molecule has 0 saturated carbocycles. The van der Waals surface area contributed by atoms with Crippen LogP contribution < -0.4 is 10.9 Å². The smallest absolute Gasteiger partial charge is 0.272 e.